The first-order valence-corrected chi connectivity index (χ1v) is 6.84. The van der Waals surface area contributed by atoms with E-state index in [0.29, 0.717) is 19.0 Å². The van der Waals surface area contributed by atoms with Gasteiger partial charge in [-0.1, -0.05) is 26.0 Å². The third kappa shape index (κ3) is 7.44. The Morgan fingerprint density at radius 3 is 2.47 bits per heavy atom. The van der Waals surface area contributed by atoms with E-state index < -0.39 is 0 Å². The summed E-state index contributed by atoms with van der Waals surface area (Å²) in [5.41, 5.74) is 1.13. The van der Waals surface area contributed by atoms with Gasteiger partial charge in [-0.2, -0.15) is 0 Å². The predicted octanol–water partition coefficient (Wildman–Crippen LogP) is 3.10. The van der Waals surface area contributed by atoms with Gasteiger partial charge in [-0.15, -0.1) is 0 Å². The maximum absolute atomic E-state index is 12.7. The highest BCUT2D eigenvalue weighted by molar-refractivity contribution is 5.73. The van der Waals surface area contributed by atoms with Crippen LogP contribution in [0.4, 0.5) is 9.18 Å². The third-order valence-corrected chi connectivity index (χ3v) is 2.76. The number of hydrogen-bond donors (Lipinski definition) is 2. The fraction of sp³-hybridized carbons (Fsp3) is 0.533. The topological polar surface area (TPSA) is 41.1 Å². The normalized spacial score (nSPS) is 10.5. The lowest BCUT2D eigenvalue weighted by Crippen LogP contribution is -2.37. The van der Waals surface area contributed by atoms with Crippen LogP contribution >= 0.6 is 0 Å². The summed E-state index contributed by atoms with van der Waals surface area (Å²) in [7, 11) is 0. The van der Waals surface area contributed by atoms with E-state index in [1.807, 2.05) is 0 Å². The molecular weight excluding hydrogens is 243 g/mol. The number of carbonyl (C=O) groups is 1. The van der Waals surface area contributed by atoms with Crippen LogP contribution in [0.3, 0.4) is 0 Å². The summed E-state index contributed by atoms with van der Waals surface area (Å²) in [6, 6.07) is 6.46. The number of urea groups is 1. The highest BCUT2D eigenvalue weighted by atomic mass is 19.1. The molecule has 0 saturated heterocycles. The first-order valence-electron chi connectivity index (χ1n) is 6.84. The van der Waals surface area contributed by atoms with Gasteiger partial charge < -0.3 is 10.6 Å². The number of hydrogen-bond acceptors (Lipinski definition) is 1. The van der Waals surface area contributed by atoms with Crippen LogP contribution in [0.5, 0.6) is 0 Å². The number of benzene rings is 1. The summed E-state index contributed by atoms with van der Waals surface area (Å²) in [4.78, 5) is 11.4. The van der Waals surface area contributed by atoms with E-state index in [2.05, 4.69) is 24.5 Å². The zero-order valence-electron chi connectivity index (χ0n) is 11.7. The van der Waals surface area contributed by atoms with Crippen molar-refractivity contribution in [2.45, 2.75) is 33.1 Å². The van der Waals surface area contributed by atoms with E-state index >= 15 is 0 Å². The highest BCUT2D eigenvalue weighted by Gasteiger charge is 2.00. The number of carbonyl (C=O) groups excluding carboxylic acids is 1. The van der Waals surface area contributed by atoms with Crippen LogP contribution in [-0.4, -0.2) is 19.1 Å². The van der Waals surface area contributed by atoms with Crippen LogP contribution in [0.2, 0.25) is 0 Å². The molecule has 0 radical (unpaired) electrons. The molecule has 106 valence electrons. The van der Waals surface area contributed by atoms with Gasteiger partial charge in [0.2, 0.25) is 0 Å². The minimum Gasteiger partial charge on any atom is -0.338 e. The molecule has 0 aliphatic heterocycles. The Bertz CT molecular complexity index is 376. The Morgan fingerprint density at radius 1 is 1.16 bits per heavy atom. The fourth-order valence-corrected chi connectivity index (χ4v) is 1.67. The van der Waals surface area contributed by atoms with Crippen LogP contribution in [0.25, 0.3) is 0 Å². The molecule has 0 atom stereocenters. The quantitative estimate of drug-likeness (QED) is 0.732. The molecule has 0 bridgehead atoms. The Labute approximate surface area is 114 Å². The van der Waals surface area contributed by atoms with E-state index in [1.54, 1.807) is 12.1 Å². The Morgan fingerprint density at radius 2 is 1.84 bits per heavy atom. The van der Waals surface area contributed by atoms with Crippen molar-refractivity contribution in [3.8, 4) is 0 Å². The van der Waals surface area contributed by atoms with Crippen LogP contribution < -0.4 is 10.6 Å². The second kappa shape index (κ2) is 8.51. The van der Waals surface area contributed by atoms with Gasteiger partial charge in [-0.3, -0.25) is 0 Å². The van der Waals surface area contributed by atoms with Gasteiger partial charge in [0.15, 0.2) is 0 Å². The zero-order chi connectivity index (χ0) is 14.1. The third-order valence-electron chi connectivity index (χ3n) is 2.76. The molecule has 2 amide bonds. The Kier molecular flexibility index (Phi) is 6.93. The van der Waals surface area contributed by atoms with Crippen molar-refractivity contribution >= 4 is 6.03 Å². The van der Waals surface area contributed by atoms with Crippen molar-refractivity contribution in [1.29, 1.82) is 0 Å². The van der Waals surface area contributed by atoms with Crippen molar-refractivity contribution in [2.24, 2.45) is 5.92 Å². The van der Waals surface area contributed by atoms with Crippen molar-refractivity contribution < 1.29 is 9.18 Å². The number of amides is 2. The molecule has 2 N–H and O–H groups in total. The summed E-state index contributed by atoms with van der Waals surface area (Å²) in [6.45, 7) is 5.48. The molecule has 1 aromatic rings. The molecule has 1 rings (SSSR count). The maximum Gasteiger partial charge on any atom is 0.314 e. The van der Waals surface area contributed by atoms with Crippen molar-refractivity contribution in [1.82, 2.24) is 10.6 Å². The maximum atomic E-state index is 12.7. The summed E-state index contributed by atoms with van der Waals surface area (Å²) in [5.74, 6) is 0.261. The molecule has 0 saturated carbocycles. The molecule has 4 heteroatoms. The van der Waals surface area contributed by atoms with Gasteiger partial charge in [0.1, 0.15) is 5.82 Å². The first-order chi connectivity index (χ1) is 9.08. The van der Waals surface area contributed by atoms with Gasteiger partial charge >= 0.3 is 6.03 Å². The lowest BCUT2D eigenvalue weighted by molar-refractivity contribution is 0.239. The minimum atomic E-state index is -0.202. The first kappa shape index (κ1) is 15.5. The van der Waals surface area contributed by atoms with E-state index in [4.69, 9.17) is 0 Å². The second-order valence-corrected chi connectivity index (χ2v) is 5.11. The molecule has 0 spiro atoms. The summed E-state index contributed by atoms with van der Waals surface area (Å²) >= 11 is 0. The summed E-state index contributed by atoms with van der Waals surface area (Å²) in [6.07, 6.45) is 2.82. The molecule has 0 aliphatic carbocycles. The lowest BCUT2D eigenvalue weighted by atomic mass is 10.1. The van der Waals surface area contributed by atoms with Crippen LogP contribution in [0.15, 0.2) is 24.3 Å². The van der Waals surface area contributed by atoms with Gasteiger partial charge in [0.25, 0.3) is 0 Å². The van der Waals surface area contributed by atoms with E-state index in [9.17, 15) is 9.18 Å². The number of nitrogens with one attached hydrogen (secondary N) is 2. The Balaban J connectivity index is 2.05. The number of unbranched alkanes of at least 4 members (excludes halogenated alkanes) is 1. The summed E-state index contributed by atoms with van der Waals surface area (Å²) < 4.78 is 12.7. The largest absolute Gasteiger partial charge is 0.338 e. The molecule has 0 unspecified atom stereocenters. The zero-order valence-corrected chi connectivity index (χ0v) is 11.7. The van der Waals surface area contributed by atoms with Crippen molar-refractivity contribution in [2.75, 3.05) is 13.1 Å². The molecule has 0 aromatic heterocycles. The van der Waals surface area contributed by atoms with Crippen LogP contribution in [0, 0.1) is 11.7 Å². The molecule has 3 nitrogen and oxygen atoms in total. The molecule has 0 aliphatic rings. The predicted molar refractivity (Wildman–Crippen MR) is 75.6 cm³/mol. The van der Waals surface area contributed by atoms with Crippen molar-refractivity contribution in [3.63, 3.8) is 0 Å². The summed E-state index contributed by atoms with van der Waals surface area (Å²) in [5, 5.41) is 5.63. The lowest BCUT2D eigenvalue weighted by Gasteiger charge is -2.09. The van der Waals surface area contributed by atoms with E-state index in [1.165, 1.54) is 12.1 Å². The van der Waals surface area contributed by atoms with Crippen LogP contribution in [0.1, 0.15) is 32.3 Å². The smallest absolute Gasteiger partial charge is 0.314 e. The monoisotopic (exact) mass is 266 g/mol. The number of halogens is 1. The molecule has 0 fully saturated rings. The van der Waals surface area contributed by atoms with Crippen LogP contribution in [-0.2, 0) is 6.42 Å². The van der Waals surface area contributed by atoms with Gasteiger partial charge in [-0.05, 0) is 42.9 Å². The minimum absolute atomic E-state index is 0.101. The van der Waals surface area contributed by atoms with E-state index in [0.717, 1.165) is 24.8 Å². The fourth-order valence-electron chi connectivity index (χ4n) is 1.67. The second-order valence-electron chi connectivity index (χ2n) is 5.11. The van der Waals surface area contributed by atoms with Gasteiger partial charge in [-0.25, -0.2) is 9.18 Å². The van der Waals surface area contributed by atoms with E-state index in [-0.39, 0.29) is 11.8 Å². The highest BCUT2D eigenvalue weighted by Crippen LogP contribution is 2.06. The SMILES string of the molecule is CC(C)CNC(=O)NCCCCc1ccc(F)cc1. The van der Waals surface area contributed by atoms with Gasteiger partial charge in [0, 0.05) is 13.1 Å². The standard InChI is InChI=1S/C15H23FN2O/c1-12(2)11-18-15(19)17-10-4-3-5-13-6-8-14(16)9-7-13/h6-9,12H,3-5,10-11H2,1-2H3,(H2,17,18,19). The molecule has 1 aromatic carbocycles. The Hall–Kier alpha value is -1.58. The number of rotatable bonds is 7. The average molecular weight is 266 g/mol. The van der Waals surface area contributed by atoms with Gasteiger partial charge in [0.05, 0.1) is 0 Å². The molecule has 0 heterocycles. The van der Waals surface area contributed by atoms with Crippen molar-refractivity contribution in [3.05, 3.63) is 35.6 Å². The molecule has 19 heavy (non-hydrogen) atoms. The average Bonchev–Trinajstić information content (AvgIpc) is 2.38. The number of aryl methyl sites for hydroxylation is 1. The molecular formula is C15H23FN2O.